The summed E-state index contributed by atoms with van der Waals surface area (Å²) in [6.07, 6.45) is 0.456. The minimum atomic E-state index is -0.718. The zero-order valence-electron chi connectivity index (χ0n) is 11.4. The largest absolute Gasteiger partial charge is 0.467 e. The number of carbonyl (C=O) groups excluding carboxylic acids is 1. The van der Waals surface area contributed by atoms with Crippen LogP contribution in [0.1, 0.15) is 20.3 Å². The van der Waals surface area contributed by atoms with Gasteiger partial charge < -0.3 is 10.1 Å². The van der Waals surface area contributed by atoms with Crippen LogP contribution in [-0.4, -0.2) is 29.0 Å². The van der Waals surface area contributed by atoms with E-state index in [1.165, 1.54) is 19.2 Å². The van der Waals surface area contributed by atoms with E-state index in [0.29, 0.717) is 6.42 Å². The molecule has 0 radical (unpaired) electrons. The third-order valence-corrected chi connectivity index (χ3v) is 2.75. The fraction of sp³-hybridized carbons (Fsp3) is 0.500. The van der Waals surface area contributed by atoms with Gasteiger partial charge >= 0.3 is 11.7 Å². The van der Waals surface area contributed by atoms with Gasteiger partial charge in [-0.05, 0) is 18.4 Å². The lowest BCUT2D eigenvalue weighted by Crippen LogP contribution is -2.32. The molecule has 0 amide bonds. The minimum absolute atomic E-state index is 0.0430. The van der Waals surface area contributed by atoms with Crippen LogP contribution in [0.2, 0.25) is 5.15 Å². The molecule has 1 aromatic rings. The third-order valence-electron chi connectivity index (χ3n) is 2.54. The Kier molecular flexibility index (Phi) is 5.69. The van der Waals surface area contributed by atoms with Crippen LogP contribution in [0.5, 0.6) is 0 Å². The highest BCUT2D eigenvalue weighted by Gasteiger charge is 2.25. The average Bonchev–Trinajstić information content (AvgIpc) is 2.36. The molecule has 8 heteroatoms. The van der Waals surface area contributed by atoms with Crippen LogP contribution in [0.15, 0.2) is 12.1 Å². The number of anilines is 1. The van der Waals surface area contributed by atoms with Crippen LogP contribution < -0.4 is 5.32 Å². The van der Waals surface area contributed by atoms with E-state index in [1.54, 1.807) is 0 Å². The van der Waals surface area contributed by atoms with E-state index in [4.69, 9.17) is 11.6 Å². The Morgan fingerprint density at radius 2 is 2.20 bits per heavy atom. The summed E-state index contributed by atoms with van der Waals surface area (Å²) in [6.45, 7) is 3.86. The van der Waals surface area contributed by atoms with E-state index in [2.05, 4.69) is 15.0 Å². The lowest BCUT2D eigenvalue weighted by Gasteiger charge is -2.18. The monoisotopic (exact) mass is 301 g/mol. The quantitative estimate of drug-likeness (QED) is 0.376. The van der Waals surface area contributed by atoms with Gasteiger partial charge in [0.05, 0.1) is 12.0 Å². The summed E-state index contributed by atoms with van der Waals surface area (Å²) >= 11 is 5.73. The fourth-order valence-corrected chi connectivity index (χ4v) is 1.82. The molecule has 0 fully saturated rings. The van der Waals surface area contributed by atoms with Crippen molar-refractivity contribution in [3.05, 3.63) is 27.4 Å². The summed E-state index contributed by atoms with van der Waals surface area (Å²) in [5, 5.41) is 13.8. The summed E-state index contributed by atoms with van der Waals surface area (Å²) in [5.41, 5.74) is -0.243. The number of pyridine rings is 1. The number of halogens is 1. The molecule has 0 aromatic carbocycles. The molecule has 1 atom stereocenters. The van der Waals surface area contributed by atoms with Gasteiger partial charge in [0.2, 0.25) is 5.82 Å². The second kappa shape index (κ2) is 7.04. The number of aromatic nitrogens is 1. The maximum absolute atomic E-state index is 11.7. The summed E-state index contributed by atoms with van der Waals surface area (Å²) in [5.74, 6) is -0.349. The fourth-order valence-electron chi connectivity index (χ4n) is 1.67. The highest BCUT2D eigenvalue weighted by molar-refractivity contribution is 6.29. The Hall–Kier alpha value is -1.89. The Balaban J connectivity index is 3.06. The van der Waals surface area contributed by atoms with Crippen molar-refractivity contribution in [1.29, 1.82) is 0 Å². The molecule has 1 unspecified atom stereocenters. The van der Waals surface area contributed by atoms with Crippen molar-refractivity contribution in [2.75, 3.05) is 12.4 Å². The first-order valence-corrected chi connectivity index (χ1v) is 6.38. The van der Waals surface area contributed by atoms with E-state index in [-0.39, 0.29) is 22.6 Å². The van der Waals surface area contributed by atoms with Gasteiger partial charge in [-0.25, -0.2) is 9.78 Å². The van der Waals surface area contributed by atoms with Crippen molar-refractivity contribution in [3.8, 4) is 0 Å². The number of nitrogens with one attached hydrogen (secondary N) is 1. The summed E-state index contributed by atoms with van der Waals surface area (Å²) < 4.78 is 4.68. The van der Waals surface area contributed by atoms with Crippen molar-refractivity contribution in [2.45, 2.75) is 26.3 Å². The van der Waals surface area contributed by atoms with Crippen LogP contribution in [0.3, 0.4) is 0 Å². The van der Waals surface area contributed by atoms with Gasteiger partial charge in [-0.15, -0.1) is 0 Å². The molecule has 1 rings (SSSR count). The van der Waals surface area contributed by atoms with Gasteiger partial charge in [0.25, 0.3) is 0 Å². The molecule has 20 heavy (non-hydrogen) atoms. The molecule has 1 N–H and O–H groups in total. The van der Waals surface area contributed by atoms with Crippen molar-refractivity contribution in [3.63, 3.8) is 0 Å². The van der Waals surface area contributed by atoms with Crippen LogP contribution in [-0.2, 0) is 9.53 Å². The molecule has 1 heterocycles. The Morgan fingerprint density at radius 3 is 2.70 bits per heavy atom. The maximum atomic E-state index is 11.7. The van der Waals surface area contributed by atoms with Gasteiger partial charge in [-0.1, -0.05) is 25.4 Å². The van der Waals surface area contributed by atoms with E-state index in [1.807, 2.05) is 13.8 Å². The predicted octanol–water partition coefficient (Wildman–Crippen LogP) is 2.64. The molecule has 0 bridgehead atoms. The molecule has 1 aromatic heterocycles. The highest BCUT2D eigenvalue weighted by Crippen LogP contribution is 2.25. The number of carbonyl (C=O) groups is 1. The molecule has 0 aliphatic rings. The zero-order valence-corrected chi connectivity index (χ0v) is 12.2. The van der Waals surface area contributed by atoms with Crippen molar-refractivity contribution in [1.82, 2.24) is 4.98 Å². The smallest absolute Gasteiger partial charge is 0.328 e. The van der Waals surface area contributed by atoms with Gasteiger partial charge in [-0.2, -0.15) is 0 Å². The second-order valence-electron chi connectivity index (χ2n) is 4.61. The molecule has 0 aliphatic carbocycles. The van der Waals surface area contributed by atoms with Crippen molar-refractivity contribution >= 4 is 29.1 Å². The number of esters is 1. The lowest BCUT2D eigenvalue weighted by molar-refractivity contribution is -0.384. The number of methoxy groups -OCH3 is 1. The van der Waals surface area contributed by atoms with Crippen molar-refractivity contribution < 1.29 is 14.5 Å². The Labute approximate surface area is 121 Å². The maximum Gasteiger partial charge on any atom is 0.328 e. The van der Waals surface area contributed by atoms with E-state index in [9.17, 15) is 14.9 Å². The molecular formula is C12H16ClN3O4. The molecular weight excluding hydrogens is 286 g/mol. The predicted molar refractivity (Wildman–Crippen MR) is 74.8 cm³/mol. The normalized spacial score (nSPS) is 12.1. The Bertz CT molecular complexity index is 507. The molecule has 0 saturated carbocycles. The van der Waals surface area contributed by atoms with Crippen LogP contribution in [0.25, 0.3) is 0 Å². The third kappa shape index (κ3) is 4.34. The van der Waals surface area contributed by atoms with Gasteiger partial charge in [0.15, 0.2) is 0 Å². The molecule has 0 aliphatic heterocycles. The zero-order chi connectivity index (χ0) is 15.3. The second-order valence-corrected chi connectivity index (χ2v) is 5.00. The molecule has 7 nitrogen and oxygen atoms in total. The summed E-state index contributed by atoms with van der Waals surface area (Å²) in [4.78, 5) is 25.9. The summed E-state index contributed by atoms with van der Waals surface area (Å²) in [7, 11) is 1.26. The van der Waals surface area contributed by atoms with Gasteiger partial charge in [0.1, 0.15) is 11.2 Å². The number of nitro groups is 1. The number of rotatable bonds is 6. The average molecular weight is 302 g/mol. The molecule has 0 saturated heterocycles. The minimum Gasteiger partial charge on any atom is -0.467 e. The molecule has 110 valence electrons. The van der Waals surface area contributed by atoms with Crippen molar-refractivity contribution in [2.24, 2.45) is 5.92 Å². The van der Waals surface area contributed by atoms with E-state index in [0.717, 1.165) is 0 Å². The SMILES string of the molecule is COC(=O)C(CC(C)C)Nc1nc(Cl)ccc1[N+](=O)[O-]. The number of nitrogens with zero attached hydrogens (tertiary/aromatic N) is 2. The van der Waals surface area contributed by atoms with Crippen LogP contribution >= 0.6 is 11.6 Å². The standard InChI is InChI=1S/C12H16ClN3O4/c1-7(2)6-8(12(17)20-3)14-11-9(16(18)19)4-5-10(13)15-11/h4-5,7-8H,6H2,1-3H3,(H,14,15). The van der Waals surface area contributed by atoms with E-state index >= 15 is 0 Å². The first-order chi connectivity index (χ1) is 9.35. The number of hydrogen-bond donors (Lipinski definition) is 1. The van der Waals surface area contributed by atoms with Crippen LogP contribution in [0.4, 0.5) is 11.5 Å². The number of hydrogen-bond acceptors (Lipinski definition) is 6. The topological polar surface area (TPSA) is 94.4 Å². The van der Waals surface area contributed by atoms with Crippen LogP contribution in [0, 0.1) is 16.0 Å². The van der Waals surface area contributed by atoms with Gasteiger partial charge in [0, 0.05) is 6.07 Å². The first-order valence-electron chi connectivity index (χ1n) is 6.00. The number of ether oxygens (including phenoxy) is 1. The van der Waals surface area contributed by atoms with Gasteiger partial charge in [-0.3, -0.25) is 10.1 Å². The highest BCUT2D eigenvalue weighted by atomic mass is 35.5. The van der Waals surface area contributed by atoms with E-state index < -0.39 is 16.9 Å². The lowest BCUT2D eigenvalue weighted by atomic mass is 10.0. The summed E-state index contributed by atoms with van der Waals surface area (Å²) in [6, 6.07) is 1.84. The first kappa shape index (κ1) is 16.2. The Morgan fingerprint density at radius 1 is 1.55 bits per heavy atom. The molecule has 0 spiro atoms.